The van der Waals surface area contributed by atoms with Crippen molar-refractivity contribution in [1.29, 1.82) is 0 Å². The molecule has 0 spiro atoms. The molecule has 1 N–H and O–H groups in total. The van der Waals surface area contributed by atoms with E-state index in [0.717, 1.165) is 30.2 Å². The Morgan fingerprint density at radius 1 is 1.43 bits per heavy atom. The fourth-order valence-corrected chi connectivity index (χ4v) is 1.72. The summed E-state index contributed by atoms with van der Waals surface area (Å²) in [6.45, 7) is 0. The van der Waals surface area contributed by atoms with Crippen LogP contribution in [0.4, 0.5) is 0 Å². The lowest BCUT2D eigenvalue weighted by atomic mass is 10.1. The molecule has 0 bridgehead atoms. The molecule has 0 radical (unpaired) electrons. The molecule has 0 aromatic carbocycles. The van der Waals surface area contributed by atoms with Gasteiger partial charge >= 0.3 is 0 Å². The zero-order valence-electron chi connectivity index (χ0n) is 7.66. The topological polar surface area (TPSA) is 41.8 Å². The second-order valence-electron chi connectivity index (χ2n) is 3.37. The van der Waals surface area contributed by atoms with Crippen molar-refractivity contribution in [3.8, 4) is 11.6 Å². The summed E-state index contributed by atoms with van der Waals surface area (Å²) < 4.78 is 5.71. The highest BCUT2D eigenvalue weighted by Gasteiger charge is 2.13. The van der Waals surface area contributed by atoms with Gasteiger partial charge in [-0.2, -0.15) is 0 Å². The molecule has 1 aliphatic rings. The third kappa shape index (κ3) is 1.09. The smallest absolute Gasteiger partial charge is 0.173 e. The average molecular weight is 186 g/mol. The molecule has 14 heavy (non-hydrogen) atoms. The van der Waals surface area contributed by atoms with Gasteiger partial charge in [0.1, 0.15) is 5.76 Å². The Balaban J connectivity index is 2.09. The summed E-state index contributed by atoms with van der Waals surface area (Å²) >= 11 is 0. The van der Waals surface area contributed by atoms with Crippen LogP contribution in [0.15, 0.2) is 29.0 Å². The van der Waals surface area contributed by atoms with Gasteiger partial charge in [-0.15, -0.1) is 0 Å². The Bertz CT molecular complexity index is 465. The highest BCUT2D eigenvalue weighted by Crippen LogP contribution is 2.27. The van der Waals surface area contributed by atoms with Gasteiger partial charge in [-0.1, -0.05) is 12.2 Å². The van der Waals surface area contributed by atoms with E-state index >= 15 is 0 Å². The molecule has 2 aromatic rings. The molecule has 1 aliphatic carbocycles. The van der Waals surface area contributed by atoms with E-state index in [0.29, 0.717) is 0 Å². The number of hydrogen-bond acceptors (Lipinski definition) is 2. The molecule has 0 saturated heterocycles. The first kappa shape index (κ1) is 7.62. The fourth-order valence-electron chi connectivity index (χ4n) is 1.72. The maximum Gasteiger partial charge on any atom is 0.173 e. The Labute approximate surface area is 81.5 Å². The number of furan rings is 1. The standard InChI is InChI=1S/C11H10N2O/c1-2-4-9-8(3-1)7-10(14-9)11-12-5-6-13-11/h1,3,5-7H,2,4H2,(H,12,13). The second-order valence-corrected chi connectivity index (χ2v) is 3.37. The summed E-state index contributed by atoms with van der Waals surface area (Å²) in [6, 6.07) is 2.03. The number of aromatic nitrogens is 2. The number of imidazole rings is 1. The molecule has 2 heterocycles. The van der Waals surface area contributed by atoms with E-state index in [1.807, 2.05) is 6.07 Å². The van der Waals surface area contributed by atoms with Gasteiger partial charge in [0.15, 0.2) is 11.6 Å². The van der Waals surface area contributed by atoms with E-state index in [1.54, 1.807) is 12.4 Å². The van der Waals surface area contributed by atoms with Crippen molar-refractivity contribution in [3.05, 3.63) is 35.9 Å². The maximum atomic E-state index is 5.71. The van der Waals surface area contributed by atoms with E-state index < -0.39 is 0 Å². The Morgan fingerprint density at radius 2 is 2.43 bits per heavy atom. The van der Waals surface area contributed by atoms with Gasteiger partial charge in [0, 0.05) is 24.4 Å². The predicted octanol–water partition coefficient (Wildman–Crippen LogP) is 2.63. The molecule has 0 unspecified atom stereocenters. The number of rotatable bonds is 1. The summed E-state index contributed by atoms with van der Waals surface area (Å²) in [7, 11) is 0. The van der Waals surface area contributed by atoms with Crippen molar-refractivity contribution in [1.82, 2.24) is 9.97 Å². The Hall–Kier alpha value is -1.77. The first-order chi connectivity index (χ1) is 6.93. The number of aromatic amines is 1. The zero-order chi connectivity index (χ0) is 9.38. The molecular formula is C11H10N2O. The molecule has 3 nitrogen and oxygen atoms in total. The molecule has 0 fully saturated rings. The number of nitrogens with one attached hydrogen (secondary N) is 1. The third-order valence-corrected chi connectivity index (χ3v) is 2.41. The van der Waals surface area contributed by atoms with Crippen LogP contribution in [-0.4, -0.2) is 9.97 Å². The van der Waals surface area contributed by atoms with E-state index in [1.165, 1.54) is 5.56 Å². The second kappa shape index (κ2) is 2.87. The minimum atomic E-state index is 0.799. The molecule has 0 saturated carbocycles. The van der Waals surface area contributed by atoms with Crippen LogP contribution in [-0.2, 0) is 6.42 Å². The van der Waals surface area contributed by atoms with E-state index in [2.05, 4.69) is 22.1 Å². The monoisotopic (exact) mass is 186 g/mol. The predicted molar refractivity (Wildman–Crippen MR) is 53.6 cm³/mol. The molecule has 70 valence electrons. The van der Waals surface area contributed by atoms with E-state index in [-0.39, 0.29) is 0 Å². The summed E-state index contributed by atoms with van der Waals surface area (Å²) in [4.78, 5) is 7.19. The lowest BCUT2D eigenvalue weighted by molar-refractivity contribution is 0.517. The van der Waals surface area contributed by atoms with Crippen LogP contribution >= 0.6 is 0 Å². The maximum absolute atomic E-state index is 5.71. The number of aryl methyl sites for hydroxylation is 1. The minimum Gasteiger partial charge on any atom is -0.457 e. The highest BCUT2D eigenvalue weighted by atomic mass is 16.3. The average Bonchev–Trinajstić information content (AvgIpc) is 2.86. The number of allylic oxidation sites excluding steroid dienone is 1. The van der Waals surface area contributed by atoms with Crippen molar-refractivity contribution < 1.29 is 4.42 Å². The van der Waals surface area contributed by atoms with Crippen molar-refractivity contribution >= 4 is 6.08 Å². The molecule has 0 atom stereocenters. The first-order valence-corrected chi connectivity index (χ1v) is 4.72. The van der Waals surface area contributed by atoms with Crippen molar-refractivity contribution in [3.63, 3.8) is 0 Å². The summed E-state index contributed by atoms with van der Waals surface area (Å²) in [5.74, 6) is 2.69. The molecule has 2 aromatic heterocycles. The first-order valence-electron chi connectivity index (χ1n) is 4.72. The van der Waals surface area contributed by atoms with Gasteiger partial charge < -0.3 is 9.40 Å². The van der Waals surface area contributed by atoms with Crippen LogP contribution in [0.5, 0.6) is 0 Å². The third-order valence-electron chi connectivity index (χ3n) is 2.41. The van der Waals surface area contributed by atoms with Crippen LogP contribution in [0.3, 0.4) is 0 Å². The summed E-state index contributed by atoms with van der Waals surface area (Å²) in [6.07, 6.45) is 9.86. The van der Waals surface area contributed by atoms with Crippen LogP contribution < -0.4 is 0 Å². The van der Waals surface area contributed by atoms with Crippen molar-refractivity contribution in [2.45, 2.75) is 12.8 Å². The van der Waals surface area contributed by atoms with Gasteiger partial charge in [-0.25, -0.2) is 4.98 Å². The molecular weight excluding hydrogens is 176 g/mol. The van der Waals surface area contributed by atoms with Gasteiger partial charge in [0.2, 0.25) is 0 Å². The largest absolute Gasteiger partial charge is 0.457 e. The number of nitrogens with zero attached hydrogens (tertiary/aromatic N) is 1. The lowest BCUT2D eigenvalue weighted by Crippen LogP contribution is -1.87. The fraction of sp³-hybridized carbons (Fsp3) is 0.182. The number of fused-ring (bicyclic) bond motifs is 1. The van der Waals surface area contributed by atoms with E-state index in [4.69, 9.17) is 4.42 Å². The summed E-state index contributed by atoms with van der Waals surface area (Å²) in [5, 5.41) is 0. The molecule has 3 heteroatoms. The SMILES string of the molecule is C1=Cc2cc(-c3ncc[nH]3)oc2CC1. The van der Waals surface area contributed by atoms with Crippen molar-refractivity contribution in [2.24, 2.45) is 0 Å². The van der Waals surface area contributed by atoms with Crippen molar-refractivity contribution in [2.75, 3.05) is 0 Å². The quantitative estimate of drug-likeness (QED) is 0.743. The van der Waals surface area contributed by atoms with Crippen LogP contribution in [0.2, 0.25) is 0 Å². The number of hydrogen-bond donors (Lipinski definition) is 1. The van der Waals surface area contributed by atoms with Gasteiger partial charge in [-0.3, -0.25) is 0 Å². The van der Waals surface area contributed by atoms with Gasteiger partial charge in [-0.05, 0) is 12.5 Å². The lowest BCUT2D eigenvalue weighted by Gasteiger charge is -2.00. The minimum absolute atomic E-state index is 0.799. The van der Waals surface area contributed by atoms with Gasteiger partial charge in [0.05, 0.1) is 0 Å². The summed E-state index contributed by atoms with van der Waals surface area (Å²) in [5.41, 5.74) is 1.18. The Kier molecular flexibility index (Phi) is 1.56. The molecule has 0 aliphatic heterocycles. The molecule has 0 amide bonds. The highest BCUT2D eigenvalue weighted by molar-refractivity contribution is 5.61. The number of H-pyrrole nitrogens is 1. The van der Waals surface area contributed by atoms with Gasteiger partial charge in [0.25, 0.3) is 0 Å². The Morgan fingerprint density at radius 3 is 3.21 bits per heavy atom. The van der Waals surface area contributed by atoms with Crippen LogP contribution in [0.25, 0.3) is 17.7 Å². The van der Waals surface area contributed by atoms with Crippen LogP contribution in [0, 0.1) is 0 Å². The van der Waals surface area contributed by atoms with Crippen LogP contribution in [0.1, 0.15) is 17.7 Å². The van der Waals surface area contributed by atoms with E-state index in [9.17, 15) is 0 Å². The normalized spacial score (nSPS) is 14.3. The molecule has 3 rings (SSSR count). The zero-order valence-corrected chi connectivity index (χ0v) is 7.66.